The van der Waals surface area contributed by atoms with E-state index < -0.39 is 11.7 Å². The molecule has 1 saturated carbocycles. The fourth-order valence-corrected chi connectivity index (χ4v) is 6.30. The van der Waals surface area contributed by atoms with Crippen LogP contribution in [-0.4, -0.2) is 57.7 Å². The number of thioether (sulfide) groups is 1. The Morgan fingerprint density at radius 2 is 1.79 bits per heavy atom. The predicted octanol–water partition coefficient (Wildman–Crippen LogP) is 5.88. The molecule has 1 spiro atoms. The second-order valence-electron chi connectivity index (χ2n) is 10.0. The molecule has 3 aromatic rings. The van der Waals surface area contributed by atoms with Gasteiger partial charge in [-0.25, -0.2) is 0 Å². The fraction of sp³-hybridized carbons (Fsp3) is 0.407. The normalized spacial score (nSPS) is 21.1. The topological polar surface area (TPSA) is 84.9 Å². The molecule has 2 fully saturated rings. The van der Waals surface area contributed by atoms with E-state index in [1.807, 2.05) is 35.9 Å². The maximum absolute atomic E-state index is 12.9. The quantitative estimate of drug-likeness (QED) is 0.145. The van der Waals surface area contributed by atoms with E-state index in [-0.39, 0.29) is 5.41 Å². The summed E-state index contributed by atoms with van der Waals surface area (Å²) in [6.45, 7) is 3.05. The van der Waals surface area contributed by atoms with Crippen molar-refractivity contribution in [3.63, 3.8) is 0 Å². The van der Waals surface area contributed by atoms with Gasteiger partial charge in [-0.15, -0.1) is 10.2 Å². The summed E-state index contributed by atoms with van der Waals surface area (Å²) in [7, 11) is 1.95. The number of aromatic nitrogens is 3. The fourth-order valence-electron chi connectivity index (χ4n) is 5.46. The summed E-state index contributed by atoms with van der Waals surface area (Å²) in [5.41, 5.74) is 2.33. The van der Waals surface area contributed by atoms with Gasteiger partial charge in [0.2, 0.25) is 0 Å². The van der Waals surface area contributed by atoms with Crippen molar-refractivity contribution in [1.82, 2.24) is 19.7 Å². The number of anilines is 1. The van der Waals surface area contributed by atoms with Gasteiger partial charge >= 0.3 is 6.18 Å². The van der Waals surface area contributed by atoms with Crippen LogP contribution in [0.1, 0.15) is 36.3 Å². The van der Waals surface area contributed by atoms with E-state index in [4.69, 9.17) is 10.8 Å². The number of nitrogens with zero attached hydrogens (tertiary/aromatic N) is 5. The van der Waals surface area contributed by atoms with E-state index >= 15 is 0 Å². The van der Waals surface area contributed by atoms with Gasteiger partial charge in [0.25, 0.3) is 0 Å². The second kappa shape index (κ2) is 10.5. The van der Waals surface area contributed by atoms with Crippen LogP contribution in [0.5, 0.6) is 0 Å². The van der Waals surface area contributed by atoms with Crippen molar-refractivity contribution in [2.45, 2.75) is 36.5 Å². The lowest BCUT2D eigenvalue weighted by Gasteiger charge is -2.16. The molecule has 200 valence electrons. The third-order valence-corrected chi connectivity index (χ3v) is 8.79. The van der Waals surface area contributed by atoms with Crippen molar-refractivity contribution >= 4 is 30.1 Å². The third-order valence-electron chi connectivity index (χ3n) is 7.68. The largest absolute Gasteiger partial charge is 0.416 e. The molecule has 2 aromatic carbocycles. The molecule has 11 heteroatoms. The van der Waals surface area contributed by atoms with Gasteiger partial charge < -0.3 is 9.47 Å². The molecular formula is C27H30F3N7S. The van der Waals surface area contributed by atoms with Gasteiger partial charge in [0.05, 0.1) is 18.2 Å². The molecule has 0 bridgehead atoms. The summed E-state index contributed by atoms with van der Waals surface area (Å²) >= 11 is 1.68. The lowest BCUT2D eigenvalue weighted by atomic mass is 9.97. The molecular weight excluding hydrogens is 511 g/mol. The zero-order valence-electron chi connectivity index (χ0n) is 21.1. The first kappa shape index (κ1) is 26.4. The van der Waals surface area contributed by atoms with Gasteiger partial charge in [0, 0.05) is 30.6 Å². The molecule has 7 nitrogen and oxygen atoms in total. The Balaban J connectivity index is 1.09. The molecule has 0 amide bonds. The van der Waals surface area contributed by atoms with Crippen LogP contribution in [-0.2, 0) is 13.2 Å². The van der Waals surface area contributed by atoms with Crippen molar-refractivity contribution in [3.8, 4) is 11.4 Å². The molecule has 2 aliphatic rings. The first-order valence-electron chi connectivity index (χ1n) is 12.6. The van der Waals surface area contributed by atoms with Crippen molar-refractivity contribution < 1.29 is 13.2 Å². The minimum Gasteiger partial charge on any atom is -0.305 e. The average Bonchev–Trinajstić information content (AvgIpc) is 3.26. The van der Waals surface area contributed by atoms with Crippen LogP contribution >= 0.6 is 11.8 Å². The van der Waals surface area contributed by atoms with Gasteiger partial charge in [0.1, 0.15) is 0 Å². The van der Waals surface area contributed by atoms with Crippen molar-refractivity contribution in [2.24, 2.45) is 12.5 Å². The summed E-state index contributed by atoms with van der Waals surface area (Å²) in [6, 6.07) is 13.2. The number of alkyl halides is 3. The third kappa shape index (κ3) is 5.35. The summed E-state index contributed by atoms with van der Waals surface area (Å²) in [4.78, 5) is 3.89. The summed E-state index contributed by atoms with van der Waals surface area (Å²) in [5.74, 6) is 2.05. The van der Waals surface area contributed by atoms with Crippen molar-refractivity contribution in [3.05, 3.63) is 59.7 Å². The molecule has 38 heavy (non-hydrogen) atoms. The van der Waals surface area contributed by atoms with Gasteiger partial charge in [-0.3, -0.25) is 15.7 Å². The van der Waals surface area contributed by atoms with Crippen LogP contribution in [0.4, 0.5) is 18.9 Å². The Bertz CT molecular complexity index is 1280. The standard InChI is InChI=1S/C27H30F3N7S/c1-35-24(20-5-9-22(10-6-20)37(17-31)18-32)33-34-25(35)38-14-2-12-36-13-11-26(16-36)15-23(26)19-3-7-21(8-4-19)27(28,29)30/h3-10,17-18,23,31-32H,2,11-16H2,1H3/t23-,26+/m1/s1. The summed E-state index contributed by atoms with van der Waals surface area (Å²) in [6.07, 6.45) is 1.08. The van der Waals surface area contributed by atoms with E-state index in [1.165, 1.54) is 17.0 Å². The molecule has 2 heterocycles. The highest BCUT2D eigenvalue weighted by atomic mass is 32.2. The van der Waals surface area contributed by atoms with E-state index in [9.17, 15) is 13.2 Å². The maximum atomic E-state index is 12.9. The molecule has 5 rings (SSSR count). The monoisotopic (exact) mass is 541 g/mol. The first-order valence-corrected chi connectivity index (χ1v) is 13.5. The molecule has 1 saturated heterocycles. The lowest BCUT2D eigenvalue weighted by molar-refractivity contribution is -0.137. The van der Waals surface area contributed by atoms with E-state index in [1.54, 1.807) is 23.9 Å². The minimum atomic E-state index is -4.29. The minimum absolute atomic E-state index is 0.232. The maximum Gasteiger partial charge on any atom is 0.416 e. The number of hydrogen-bond acceptors (Lipinski definition) is 6. The van der Waals surface area contributed by atoms with Crippen LogP contribution in [0.25, 0.3) is 11.4 Å². The molecule has 0 unspecified atom stereocenters. The first-order chi connectivity index (χ1) is 18.2. The van der Waals surface area contributed by atoms with E-state index in [0.29, 0.717) is 5.92 Å². The van der Waals surface area contributed by atoms with Gasteiger partial charge in [-0.2, -0.15) is 13.2 Å². The van der Waals surface area contributed by atoms with Crippen molar-refractivity contribution in [1.29, 1.82) is 10.8 Å². The van der Waals surface area contributed by atoms with Crippen molar-refractivity contribution in [2.75, 3.05) is 30.3 Å². The Labute approximate surface area is 224 Å². The smallest absolute Gasteiger partial charge is 0.305 e. The highest BCUT2D eigenvalue weighted by Gasteiger charge is 2.57. The van der Waals surface area contributed by atoms with Crippen LogP contribution in [0.3, 0.4) is 0 Å². The Hall–Kier alpha value is -3.18. The molecule has 1 aliphatic heterocycles. The molecule has 2 N–H and O–H groups in total. The van der Waals surface area contributed by atoms with Gasteiger partial charge in [0.15, 0.2) is 11.0 Å². The van der Waals surface area contributed by atoms with Crippen LogP contribution in [0, 0.1) is 16.2 Å². The molecule has 1 aromatic heterocycles. The highest BCUT2D eigenvalue weighted by Crippen LogP contribution is 2.64. The Kier molecular flexibility index (Phi) is 7.32. The van der Waals surface area contributed by atoms with Crippen LogP contribution < -0.4 is 4.90 Å². The molecule has 1 aliphatic carbocycles. The molecule has 0 radical (unpaired) electrons. The Morgan fingerprint density at radius 1 is 1.08 bits per heavy atom. The van der Waals surface area contributed by atoms with Crippen LogP contribution in [0.2, 0.25) is 0 Å². The summed E-state index contributed by atoms with van der Waals surface area (Å²) < 4.78 is 40.6. The number of likely N-dealkylation sites (tertiary alicyclic amines) is 1. The molecule has 2 atom stereocenters. The van der Waals surface area contributed by atoms with E-state index in [2.05, 4.69) is 15.1 Å². The van der Waals surface area contributed by atoms with Gasteiger partial charge in [-0.05, 0) is 85.6 Å². The lowest BCUT2D eigenvalue weighted by Crippen LogP contribution is -2.23. The zero-order chi connectivity index (χ0) is 26.9. The average molecular weight is 542 g/mol. The van der Waals surface area contributed by atoms with Crippen LogP contribution in [0.15, 0.2) is 53.7 Å². The highest BCUT2D eigenvalue weighted by molar-refractivity contribution is 7.99. The predicted molar refractivity (Wildman–Crippen MR) is 144 cm³/mol. The number of benzene rings is 2. The zero-order valence-corrected chi connectivity index (χ0v) is 21.9. The second-order valence-corrected chi connectivity index (χ2v) is 11.1. The number of hydrogen-bond donors (Lipinski definition) is 2. The van der Waals surface area contributed by atoms with E-state index in [0.717, 1.165) is 85.1 Å². The SMILES string of the molecule is Cn1c(SCCCN2CC[C@]3(C[C@@H]3c3ccc(C(F)(F)F)cc3)C2)nnc1-c1ccc(N(C=N)C=N)cc1. The Morgan fingerprint density at radius 3 is 2.45 bits per heavy atom. The summed E-state index contributed by atoms with van der Waals surface area (Å²) in [5, 5.41) is 24.3. The number of halogens is 3. The van der Waals surface area contributed by atoms with Gasteiger partial charge in [-0.1, -0.05) is 23.9 Å². The number of nitrogens with one attached hydrogen (secondary N) is 2. The number of rotatable bonds is 10.